The molecule has 3 N–H and O–H groups in total. The van der Waals surface area contributed by atoms with Gasteiger partial charge in [-0.15, -0.1) is 5.10 Å². The second-order valence-electron chi connectivity index (χ2n) is 6.64. The number of fused-ring (bicyclic) bond motifs is 1. The van der Waals surface area contributed by atoms with Crippen molar-refractivity contribution in [3.8, 4) is 0 Å². The van der Waals surface area contributed by atoms with E-state index in [1.165, 1.54) is 16.5 Å². The predicted molar refractivity (Wildman–Crippen MR) is 110 cm³/mol. The fraction of sp³-hybridized carbons (Fsp3) is 0.190. The monoisotopic (exact) mass is 358 g/mol. The number of benzene rings is 2. The number of aromatic nitrogens is 4. The Balaban J connectivity index is 1.41. The van der Waals surface area contributed by atoms with E-state index >= 15 is 0 Å². The van der Waals surface area contributed by atoms with Crippen LogP contribution in [-0.4, -0.2) is 26.7 Å². The van der Waals surface area contributed by atoms with Crippen LogP contribution in [0.4, 0.5) is 17.5 Å². The van der Waals surface area contributed by atoms with E-state index in [-0.39, 0.29) is 0 Å². The summed E-state index contributed by atoms with van der Waals surface area (Å²) in [5, 5.41) is 16.0. The molecule has 136 valence electrons. The van der Waals surface area contributed by atoms with E-state index in [9.17, 15) is 0 Å². The third-order valence-corrected chi connectivity index (χ3v) is 4.57. The van der Waals surface area contributed by atoms with E-state index in [4.69, 9.17) is 0 Å². The second-order valence-corrected chi connectivity index (χ2v) is 6.64. The lowest BCUT2D eigenvalue weighted by atomic mass is 10.1. The summed E-state index contributed by atoms with van der Waals surface area (Å²) in [5.74, 6) is 1.19. The first-order valence-electron chi connectivity index (χ1n) is 9.02. The highest BCUT2D eigenvalue weighted by Crippen LogP contribution is 2.21. The highest BCUT2D eigenvalue weighted by molar-refractivity contribution is 5.83. The molecule has 2 aromatic heterocycles. The van der Waals surface area contributed by atoms with Crippen LogP contribution in [0.25, 0.3) is 10.9 Å². The quantitative estimate of drug-likeness (QED) is 0.477. The van der Waals surface area contributed by atoms with Gasteiger partial charge < -0.3 is 15.6 Å². The van der Waals surface area contributed by atoms with E-state index in [1.807, 2.05) is 6.07 Å². The third-order valence-electron chi connectivity index (χ3n) is 4.57. The molecule has 0 atom stereocenters. The van der Waals surface area contributed by atoms with Crippen molar-refractivity contribution >= 4 is 28.4 Å². The summed E-state index contributed by atoms with van der Waals surface area (Å²) in [4.78, 5) is 7.82. The van der Waals surface area contributed by atoms with Crippen molar-refractivity contribution < 1.29 is 0 Å². The number of rotatable bonds is 6. The number of hydrogen-bond acceptors (Lipinski definition) is 5. The number of aryl methyl sites for hydroxylation is 2. The molecule has 2 heterocycles. The molecular weight excluding hydrogens is 336 g/mol. The third kappa shape index (κ3) is 3.89. The van der Waals surface area contributed by atoms with Crippen LogP contribution in [0.3, 0.4) is 0 Å². The minimum absolute atomic E-state index is 0.519. The summed E-state index contributed by atoms with van der Waals surface area (Å²) in [7, 11) is 0. The molecule has 0 bridgehead atoms. The van der Waals surface area contributed by atoms with Crippen molar-refractivity contribution in [3.63, 3.8) is 0 Å². The molecule has 0 spiro atoms. The van der Waals surface area contributed by atoms with Crippen LogP contribution in [0, 0.1) is 13.8 Å². The molecule has 0 fully saturated rings. The molecule has 0 radical (unpaired) electrons. The maximum Gasteiger partial charge on any atom is 0.244 e. The topological polar surface area (TPSA) is 78.5 Å². The zero-order valence-electron chi connectivity index (χ0n) is 15.5. The number of nitrogens with one attached hydrogen (secondary N) is 3. The molecule has 4 rings (SSSR count). The molecule has 4 aromatic rings. The number of nitrogens with zero attached hydrogens (tertiary/aromatic N) is 3. The van der Waals surface area contributed by atoms with Gasteiger partial charge in [-0.3, -0.25) is 0 Å². The largest absolute Gasteiger partial charge is 0.361 e. The zero-order chi connectivity index (χ0) is 18.6. The Hall–Kier alpha value is -3.41. The average molecular weight is 358 g/mol. The molecule has 0 amide bonds. The standard InChI is InChI=1S/C21H22N6/c1-14-7-8-15(2)19(11-14)25-20-13-24-27-21(26-20)22-10-9-16-12-23-18-6-4-3-5-17(16)18/h3-8,11-13,23H,9-10H2,1-2H3,(H2,22,25,26,27). The van der Waals surface area contributed by atoms with Gasteiger partial charge in [-0.2, -0.15) is 10.1 Å². The van der Waals surface area contributed by atoms with Gasteiger partial charge >= 0.3 is 0 Å². The van der Waals surface area contributed by atoms with E-state index in [0.29, 0.717) is 11.8 Å². The van der Waals surface area contributed by atoms with Crippen LogP contribution < -0.4 is 10.6 Å². The van der Waals surface area contributed by atoms with Gasteiger partial charge in [-0.1, -0.05) is 30.3 Å². The Bertz CT molecular complexity index is 1070. The number of H-pyrrole nitrogens is 1. The summed E-state index contributed by atoms with van der Waals surface area (Å²) in [6.07, 6.45) is 4.57. The Morgan fingerprint density at radius 2 is 1.96 bits per heavy atom. The zero-order valence-corrected chi connectivity index (χ0v) is 15.5. The van der Waals surface area contributed by atoms with Gasteiger partial charge in [0, 0.05) is 29.3 Å². The van der Waals surface area contributed by atoms with Gasteiger partial charge in [0.1, 0.15) is 0 Å². The van der Waals surface area contributed by atoms with Crippen molar-refractivity contribution in [3.05, 3.63) is 71.5 Å². The first-order valence-corrected chi connectivity index (χ1v) is 9.02. The summed E-state index contributed by atoms with van der Waals surface area (Å²) in [6.45, 7) is 4.87. The average Bonchev–Trinajstić information content (AvgIpc) is 3.08. The maximum atomic E-state index is 4.52. The van der Waals surface area contributed by atoms with Gasteiger partial charge in [0.15, 0.2) is 5.82 Å². The first kappa shape index (κ1) is 17.0. The molecule has 6 heteroatoms. The van der Waals surface area contributed by atoms with Gasteiger partial charge in [-0.25, -0.2) is 0 Å². The molecule has 2 aromatic carbocycles. The van der Waals surface area contributed by atoms with Crippen LogP contribution >= 0.6 is 0 Å². The summed E-state index contributed by atoms with van der Waals surface area (Å²) in [5.41, 5.74) is 5.82. The highest BCUT2D eigenvalue weighted by Gasteiger charge is 2.05. The van der Waals surface area contributed by atoms with Gasteiger partial charge in [0.05, 0.1) is 6.20 Å². The lowest BCUT2D eigenvalue weighted by molar-refractivity contribution is 0.931. The van der Waals surface area contributed by atoms with Crippen molar-refractivity contribution in [2.75, 3.05) is 17.2 Å². The maximum absolute atomic E-state index is 4.52. The number of anilines is 3. The highest BCUT2D eigenvalue weighted by atomic mass is 15.3. The number of hydrogen-bond donors (Lipinski definition) is 3. The van der Waals surface area contributed by atoms with Crippen molar-refractivity contribution in [2.24, 2.45) is 0 Å². The molecule has 0 aliphatic heterocycles. The van der Waals surface area contributed by atoms with Gasteiger partial charge in [0.2, 0.25) is 5.95 Å². The Morgan fingerprint density at radius 1 is 1.07 bits per heavy atom. The number of para-hydroxylation sites is 1. The Labute approximate surface area is 158 Å². The van der Waals surface area contributed by atoms with Crippen LogP contribution in [0.1, 0.15) is 16.7 Å². The normalized spacial score (nSPS) is 10.9. The molecule has 6 nitrogen and oxygen atoms in total. The van der Waals surface area contributed by atoms with Gasteiger partial charge in [0.25, 0.3) is 0 Å². The Morgan fingerprint density at radius 3 is 2.89 bits per heavy atom. The van der Waals surface area contributed by atoms with Crippen molar-refractivity contribution in [1.82, 2.24) is 20.2 Å². The second kappa shape index (κ2) is 7.45. The molecular formula is C21H22N6. The molecule has 0 saturated carbocycles. The lowest BCUT2D eigenvalue weighted by Crippen LogP contribution is -2.09. The minimum atomic E-state index is 0.519. The van der Waals surface area contributed by atoms with Gasteiger partial charge in [-0.05, 0) is 49.1 Å². The predicted octanol–water partition coefficient (Wildman–Crippen LogP) is 4.37. The SMILES string of the molecule is Cc1ccc(C)c(Nc2cnnc(NCCc3c[nH]c4ccccc34)n2)c1. The Kier molecular flexibility index (Phi) is 4.70. The van der Waals surface area contributed by atoms with Crippen LogP contribution in [0.2, 0.25) is 0 Å². The summed E-state index contributed by atoms with van der Waals surface area (Å²) in [6, 6.07) is 14.6. The van der Waals surface area contributed by atoms with Crippen LogP contribution in [-0.2, 0) is 6.42 Å². The summed E-state index contributed by atoms with van der Waals surface area (Å²) < 4.78 is 0. The first-order chi connectivity index (χ1) is 13.2. The van der Waals surface area contributed by atoms with Crippen LogP contribution in [0.5, 0.6) is 0 Å². The van der Waals surface area contributed by atoms with E-state index in [0.717, 1.165) is 29.7 Å². The van der Waals surface area contributed by atoms with Crippen LogP contribution in [0.15, 0.2) is 54.9 Å². The van der Waals surface area contributed by atoms with Crippen molar-refractivity contribution in [2.45, 2.75) is 20.3 Å². The molecule has 0 unspecified atom stereocenters. The van der Waals surface area contributed by atoms with E-state index < -0.39 is 0 Å². The molecule has 27 heavy (non-hydrogen) atoms. The van der Waals surface area contributed by atoms with Crippen molar-refractivity contribution in [1.29, 1.82) is 0 Å². The fourth-order valence-electron chi connectivity index (χ4n) is 3.09. The number of aromatic amines is 1. The van der Waals surface area contributed by atoms with E-state index in [1.54, 1.807) is 6.20 Å². The molecule has 0 aliphatic carbocycles. The fourth-order valence-corrected chi connectivity index (χ4v) is 3.09. The van der Waals surface area contributed by atoms with E-state index in [2.05, 4.69) is 87.2 Å². The molecule has 0 aliphatic rings. The lowest BCUT2D eigenvalue weighted by Gasteiger charge is -2.10. The smallest absolute Gasteiger partial charge is 0.244 e. The minimum Gasteiger partial charge on any atom is -0.361 e. The molecule has 0 saturated heterocycles. The summed E-state index contributed by atoms with van der Waals surface area (Å²) >= 11 is 0.